The second-order valence-electron chi connectivity index (χ2n) is 3.78. The molecule has 0 aliphatic carbocycles. The van der Waals surface area contributed by atoms with Gasteiger partial charge in [0.05, 0.1) is 6.42 Å². The van der Waals surface area contributed by atoms with Gasteiger partial charge in [-0.1, -0.05) is 40.9 Å². The largest absolute Gasteiger partial charge is 0.457 e. The van der Waals surface area contributed by atoms with E-state index < -0.39 is 34.1 Å². The molecule has 1 unspecified atom stereocenters. The van der Waals surface area contributed by atoms with Crippen molar-refractivity contribution in [2.24, 2.45) is 0 Å². The Hall–Kier alpha value is -1.04. The fraction of sp³-hybridized carbons (Fsp3) is 0.333. The van der Waals surface area contributed by atoms with Gasteiger partial charge in [-0.05, 0) is 12.1 Å². The van der Waals surface area contributed by atoms with E-state index in [1.807, 2.05) is 0 Å². The Bertz CT molecular complexity index is 502. The van der Waals surface area contributed by atoms with Crippen LogP contribution in [-0.4, -0.2) is 21.8 Å². The quantitative estimate of drug-likeness (QED) is 0.477. The van der Waals surface area contributed by atoms with Gasteiger partial charge in [0.1, 0.15) is 11.6 Å². The fourth-order valence-electron chi connectivity index (χ4n) is 1.28. The lowest BCUT2D eigenvalue weighted by atomic mass is 10.2. The second-order valence-corrected chi connectivity index (χ2v) is 6.14. The van der Waals surface area contributed by atoms with Crippen LogP contribution in [-0.2, 0) is 14.3 Å². The van der Waals surface area contributed by atoms with Crippen molar-refractivity contribution in [3.05, 3.63) is 30.1 Å². The lowest BCUT2D eigenvalue weighted by Gasteiger charge is -2.22. The normalized spacial score (nSPS) is 12.7. The van der Waals surface area contributed by atoms with Gasteiger partial charge >= 0.3 is 11.9 Å². The van der Waals surface area contributed by atoms with Crippen LogP contribution in [0.15, 0.2) is 24.3 Å². The first-order valence-electron chi connectivity index (χ1n) is 5.38. The van der Waals surface area contributed by atoms with Crippen LogP contribution < -0.4 is 4.74 Å². The Kier molecular flexibility index (Phi) is 6.05. The minimum absolute atomic E-state index is 0.000826. The van der Waals surface area contributed by atoms with Crippen LogP contribution in [0.3, 0.4) is 0 Å². The van der Waals surface area contributed by atoms with E-state index in [1.54, 1.807) is 0 Å². The maximum atomic E-state index is 12.9. The van der Waals surface area contributed by atoms with Gasteiger partial charge in [-0.3, -0.25) is 9.59 Å². The van der Waals surface area contributed by atoms with Crippen molar-refractivity contribution in [1.29, 1.82) is 0 Å². The third-order valence-corrected chi connectivity index (χ3v) is 2.78. The van der Waals surface area contributed by atoms with Crippen LogP contribution in [0.4, 0.5) is 4.39 Å². The predicted molar refractivity (Wildman–Crippen MR) is 72.5 cm³/mol. The van der Waals surface area contributed by atoms with Gasteiger partial charge in [-0.2, -0.15) is 0 Å². The summed E-state index contributed by atoms with van der Waals surface area (Å²) < 4.78 is 20.5. The molecule has 110 valence electrons. The smallest absolute Gasteiger partial charge is 0.315 e. The van der Waals surface area contributed by atoms with E-state index in [2.05, 4.69) is 0 Å². The third kappa shape index (κ3) is 5.94. The Morgan fingerprint density at radius 2 is 2.00 bits per heavy atom. The molecule has 4 nitrogen and oxygen atoms in total. The summed E-state index contributed by atoms with van der Waals surface area (Å²) in [6, 6.07) is 4.97. The monoisotopic (exact) mass is 342 g/mol. The molecule has 8 heteroatoms. The first kappa shape index (κ1) is 17.0. The molecule has 0 radical (unpaired) electrons. The van der Waals surface area contributed by atoms with Crippen molar-refractivity contribution in [1.82, 2.24) is 0 Å². The first-order valence-corrected chi connectivity index (χ1v) is 6.52. The second kappa shape index (κ2) is 7.11. The molecule has 0 spiro atoms. The lowest BCUT2D eigenvalue weighted by Crippen LogP contribution is -2.34. The molecule has 20 heavy (non-hydrogen) atoms. The molecule has 0 amide bonds. The Morgan fingerprint density at radius 1 is 1.35 bits per heavy atom. The zero-order chi connectivity index (χ0) is 15.3. The summed E-state index contributed by atoms with van der Waals surface area (Å²) in [5, 5.41) is 0. The molecule has 1 atom stereocenters. The summed E-state index contributed by atoms with van der Waals surface area (Å²) in [4.78, 5) is 22.5. The third-order valence-electron chi connectivity index (χ3n) is 2.05. The van der Waals surface area contributed by atoms with E-state index >= 15 is 0 Å². The molecule has 0 saturated heterocycles. The van der Waals surface area contributed by atoms with Gasteiger partial charge in [0.25, 0.3) is 0 Å². The lowest BCUT2D eigenvalue weighted by molar-refractivity contribution is -0.149. The molecule has 0 N–H and O–H groups in total. The van der Waals surface area contributed by atoms with Crippen LogP contribution in [0.5, 0.6) is 5.75 Å². The molecular weight excluding hydrogens is 333 g/mol. The number of rotatable bonds is 4. The minimum Gasteiger partial charge on any atom is -0.457 e. The number of hydrogen-bond acceptors (Lipinski definition) is 4. The van der Waals surface area contributed by atoms with Gasteiger partial charge in [0.15, 0.2) is 6.10 Å². The molecule has 0 aliphatic rings. The Morgan fingerprint density at radius 3 is 2.50 bits per heavy atom. The van der Waals surface area contributed by atoms with Crippen molar-refractivity contribution in [2.45, 2.75) is 23.2 Å². The minimum atomic E-state index is -1.98. The van der Waals surface area contributed by atoms with Crippen molar-refractivity contribution in [3.63, 3.8) is 0 Å². The maximum Gasteiger partial charge on any atom is 0.315 e. The summed E-state index contributed by atoms with van der Waals surface area (Å²) >= 11 is 16.8. The highest BCUT2D eigenvalue weighted by atomic mass is 35.6. The first-order chi connectivity index (χ1) is 9.18. The molecule has 0 bridgehead atoms. The van der Waals surface area contributed by atoms with Gasteiger partial charge in [0, 0.05) is 13.0 Å². The fourth-order valence-corrected chi connectivity index (χ4v) is 1.64. The average Bonchev–Trinajstić information content (AvgIpc) is 2.26. The highest BCUT2D eigenvalue weighted by molar-refractivity contribution is 6.68. The van der Waals surface area contributed by atoms with E-state index in [4.69, 9.17) is 44.3 Å². The molecule has 1 aromatic rings. The van der Waals surface area contributed by atoms with Crippen molar-refractivity contribution < 1.29 is 23.5 Å². The number of carbonyl (C=O) groups is 2. The van der Waals surface area contributed by atoms with Crippen LogP contribution in [0.1, 0.15) is 13.3 Å². The molecule has 0 fully saturated rings. The zero-order valence-electron chi connectivity index (χ0n) is 10.2. The highest BCUT2D eigenvalue weighted by Gasteiger charge is 2.37. The molecule has 0 aliphatic heterocycles. The maximum absolute atomic E-state index is 12.9. The summed E-state index contributed by atoms with van der Waals surface area (Å²) in [5.74, 6) is -2.10. The van der Waals surface area contributed by atoms with Crippen LogP contribution in [0.2, 0.25) is 0 Å². The van der Waals surface area contributed by atoms with E-state index in [-0.39, 0.29) is 5.75 Å². The molecular formula is C12H10Cl3FO4. The number of alkyl halides is 3. The zero-order valence-corrected chi connectivity index (χ0v) is 12.5. The van der Waals surface area contributed by atoms with E-state index in [1.165, 1.54) is 18.2 Å². The molecule has 1 aromatic carbocycles. The van der Waals surface area contributed by atoms with Crippen LogP contribution in [0, 0.1) is 5.82 Å². The van der Waals surface area contributed by atoms with Crippen molar-refractivity contribution >= 4 is 46.7 Å². The topological polar surface area (TPSA) is 52.6 Å². The highest BCUT2D eigenvalue weighted by Crippen LogP contribution is 2.34. The summed E-state index contributed by atoms with van der Waals surface area (Å²) in [6.07, 6.45) is -1.78. The van der Waals surface area contributed by atoms with Gasteiger partial charge < -0.3 is 9.47 Å². The number of benzene rings is 1. The number of esters is 2. The number of halogens is 4. The van der Waals surface area contributed by atoms with Gasteiger partial charge in [0.2, 0.25) is 3.79 Å². The SMILES string of the molecule is CC(=O)OC(CC(=O)Oc1cccc(F)c1)C(Cl)(Cl)Cl. The summed E-state index contributed by atoms with van der Waals surface area (Å²) in [5.41, 5.74) is 0. The summed E-state index contributed by atoms with van der Waals surface area (Å²) in [7, 11) is 0. The van der Waals surface area contributed by atoms with Crippen LogP contribution in [0.25, 0.3) is 0 Å². The molecule has 0 saturated carbocycles. The molecule has 0 heterocycles. The number of hydrogen-bond donors (Lipinski definition) is 0. The van der Waals surface area contributed by atoms with E-state index in [0.29, 0.717) is 0 Å². The number of carbonyl (C=O) groups excluding carboxylic acids is 2. The van der Waals surface area contributed by atoms with E-state index in [9.17, 15) is 14.0 Å². The van der Waals surface area contributed by atoms with Crippen LogP contribution >= 0.6 is 34.8 Å². The van der Waals surface area contributed by atoms with Gasteiger partial charge in [-0.25, -0.2) is 4.39 Å². The molecule has 0 aromatic heterocycles. The molecule has 1 rings (SSSR count). The van der Waals surface area contributed by atoms with E-state index in [0.717, 1.165) is 13.0 Å². The van der Waals surface area contributed by atoms with Crippen molar-refractivity contribution in [2.75, 3.05) is 0 Å². The van der Waals surface area contributed by atoms with Gasteiger partial charge in [-0.15, -0.1) is 0 Å². The standard InChI is InChI=1S/C12H10Cl3FO4/c1-7(17)19-10(12(13,14)15)6-11(18)20-9-4-2-3-8(16)5-9/h2-5,10H,6H2,1H3. The average molecular weight is 344 g/mol. The summed E-state index contributed by atoms with van der Waals surface area (Å²) in [6.45, 7) is 1.11. The Labute approximate surface area is 129 Å². The Balaban J connectivity index is 2.69. The predicted octanol–water partition coefficient (Wildman–Crippen LogP) is 3.42. The van der Waals surface area contributed by atoms with Crippen molar-refractivity contribution in [3.8, 4) is 5.75 Å². The number of ether oxygens (including phenoxy) is 2.